The first-order valence-electron chi connectivity index (χ1n) is 10.5. The molecule has 1 aliphatic heterocycles. The lowest BCUT2D eigenvalue weighted by Crippen LogP contribution is -2.58. The van der Waals surface area contributed by atoms with Gasteiger partial charge in [0.05, 0.1) is 6.04 Å². The average molecular weight is 380 g/mol. The van der Waals surface area contributed by atoms with Gasteiger partial charge in [-0.05, 0) is 61.4 Å². The van der Waals surface area contributed by atoms with E-state index in [4.69, 9.17) is 0 Å². The molecule has 0 radical (unpaired) electrons. The fourth-order valence-corrected chi connectivity index (χ4v) is 4.56. The standard InChI is InChI=1S/C23H29N3O2/c1-2-3-10-18-15-26(21-13-6-9-17-8-4-5-11-19(17)21)22(27)16-25(18)23(28)20-12-7-14-24-20/h6-7,9,12-14,18,24H,2-5,8,10-11,15-16H2,1H3/t18-/m0/s1. The number of aryl methyl sites for hydroxylation is 1. The number of nitrogens with one attached hydrogen (secondary N) is 1. The lowest BCUT2D eigenvalue weighted by atomic mass is 9.89. The zero-order valence-corrected chi connectivity index (χ0v) is 16.6. The molecule has 1 aromatic heterocycles. The number of H-pyrrole nitrogens is 1. The monoisotopic (exact) mass is 379 g/mol. The van der Waals surface area contributed by atoms with Gasteiger partial charge in [0.1, 0.15) is 12.2 Å². The van der Waals surface area contributed by atoms with E-state index in [1.807, 2.05) is 11.0 Å². The van der Waals surface area contributed by atoms with Crippen molar-refractivity contribution in [1.29, 1.82) is 0 Å². The summed E-state index contributed by atoms with van der Waals surface area (Å²) in [5.74, 6) is -0.0548. The Morgan fingerprint density at radius 2 is 2.04 bits per heavy atom. The minimum Gasteiger partial charge on any atom is -0.357 e. The molecule has 1 fully saturated rings. The maximum absolute atomic E-state index is 13.1. The van der Waals surface area contributed by atoms with Crippen molar-refractivity contribution in [2.45, 2.75) is 57.9 Å². The van der Waals surface area contributed by atoms with Crippen LogP contribution in [0.2, 0.25) is 0 Å². The summed E-state index contributed by atoms with van der Waals surface area (Å²) in [6.07, 6.45) is 9.35. The number of unbranched alkanes of at least 4 members (excludes halogenated alkanes) is 1. The van der Waals surface area contributed by atoms with Gasteiger partial charge in [0.2, 0.25) is 5.91 Å². The summed E-state index contributed by atoms with van der Waals surface area (Å²) < 4.78 is 0. The molecular formula is C23H29N3O2. The summed E-state index contributed by atoms with van der Waals surface area (Å²) in [6, 6.07) is 10.0. The van der Waals surface area contributed by atoms with Gasteiger partial charge in [0, 0.05) is 18.4 Å². The predicted molar refractivity (Wildman–Crippen MR) is 111 cm³/mol. The Balaban J connectivity index is 1.62. The molecule has 0 bridgehead atoms. The number of aromatic amines is 1. The van der Waals surface area contributed by atoms with Gasteiger partial charge in [-0.2, -0.15) is 0 Å². The average Bonchev–Trinajstić information content (AvgIpc) is 3.27. The normalized spacial score (nSPS) is 19.6. The van der Waals surface area contributed by atoms with E-state index in [1.165, 1.54) is 24.0 Å². The van der Waals surface area contributed by atoms with Crippen molar-refractivity contribution >= 4 is 17.5 Å². The molecule has 28 heavy (non-hydrogen) atoms. The fraction of sp³-hybridized carbons (Fsp3) is 0.478. The Bertz CT molecular complexity index is 844. The number of hydrogen-bond donors (Lipinski definition) is 1. The van der Waals surface area contributed by atoms with Gasteiger partial charge in [-0.25, -0.2) is 0 Å². The van der Waals surface area contributed by atoms with Crippen LogP contribution < -0.4 is 4.90 Å². The number of amides is 2. The molecule has 2 amide bonds. The highest BCUT2D eigenvalue weighted by Gasteiger charge is 2.37. The van der Waals surface area contributed by atoms with Crippen molar-refractivity contribution in [3.8, 4) is 0 Å². The molecule has 1 atom stereocenters. The molecule has 0 spiro atoms. The Labute approximate surface area is 166 Å². The second kappa shape index (κ2) is 8.21. The van der Waals surface area contributed by atoms with Gasteiger partial charge < -0.3 is 14.8 Å². The second-order valence-electron chi connectivity index (χ2n) is 7.94. The maximum Gasteiger partial charge on any atom is 0.271 e. The van der Waals surface area contributed by atoms with Crippen LogP contribution in [0.5, 0.6) is 0 Å². The van der Waals surface area contributed by atoms with Crippen LogP contribution in [0.1, 0.15) is 60.6 Å². The van der Waals surface area contributed by atoms with Gasteiger partial charge in [0.15, 0.2) is 0 Å². The van der Waals surface area contributed by atoms with Crippen LogP contribution in [-0.4, -0.2) is 40.8 Å². The van der Waals surface area contributed by atoms with E-state index < -0.39 is 0 Å². The van der Waals surface area contributed by atoms with Crippen LogP contribution in [0.25, 0.3) is 0 Å². The molecule has 148 valence electrons. The number of anilines is 1. The first-order valence-corrected chi connectivity index (χ1v) is 10.5. The molecule has 1 aliphatic carbocycles. The molecule has 5 heteroatoms. The Morgan fingerprint density at radius 3 is 2.82 bits per heavy atom. The summed E-state index contributed by atoms with van der Waals surface area (Å²) in [5.41, 5.74) is 4.34. The third-order valence-corrected chi connectivity index (χ3v) is 6.08. The highest BCUT2D eigenvalue weighted by Crippen LogP contribution is 2.33. The zero-order valence-electron chi connectivity index (χ0n) is 16.6. The third-order valence-electron chi connectivity index (χ3n) is 6.08. The smallest absolute Gasteiger partial charge is 0.271 e. The highest BCUT2D eigenvalue weighted by atomic mass is 16.2. The summed E-state index contributed by atoms with van der Waals surface area (Å²) >= 11 is 0. The minimum atomic E-state index is -0.0748. The van der Waals surface area contributed by atoms with Gasteiger partial charge in [0.25, 0.3) is 5.91 Å². The van der Waals surface area contributed by atoms with E-state index in [2.05, 4.69) is 30.1 Å². The number of carbonyl (C=O) groups excluding carboxylic acids is 2. The molecule has 5 nitrogen and oxygen atoms in total. The van der Waals surface area contributed by atoms with Crippen molar-refractivity contribution in [3.63, 3.8) is 0 Å². The van der Waals surface area contributed by atoms with Crippen molar-refractivity contribution in [3.05, 3.63) is 53.3 Å². The van der Waals surface area contributed by atoms with Crippen molar-refractivity contribution < 1.29 is 9.59 Å². The highest BCUT2D eigenvalue weighted by molar-refractivity contribution is 6.01. The topological polar surface area (TPSA) is 56.4 Å². The molecular weight excluding hydrogens is 350 g/mol. The van der Waals surface area contributed by atoms with Gasteiger partial charge in [-0.3, -0.25) is 9.59 Å². The van der Waals surface area contributed by atoms with E-state index >= 15 is 0 Å². The van der Waals surface area contributed by atoms with E-state index in [0.717, 1.165) is 37.8 Å². The number of piperazine rings is 1. The van der Waals surface area contributed by atoms with Crippen LogP contribution in [0.15, 0.2) is 36.5 Å². The Kier molecular flexibility index (Phi) is 5.51. The molecule has 2 heterocycles. The molecule has 2 aliphatic rings. The summed E-state index contributed by atoms with van der Waals surface area (Å²) in [5, 5.41) is 0. The molecule has 1 saturated heterocycles. The minimum absolute atomic E-state index is 0.0200. The third kappa shape index (κ3) is 3.58. The number of aromatic nitrogens is 1. The summed E-state index contributed by atoms with van der Waals surface area (Å²) in [6.45, 7) is 2.90. The van der Waals surface area contributed by atoms with E-state index in [-0.39, 0.29) is 24.4 Å². The first kappa shape index (κ1) is 18.8. The van der Waals surface area contributed by atoms with Crippen molar-refractivity contribution in [2.75, 3.05) is 18.0 Å². The number of carbonyl (C=O) groups is 2. The maximum atomic E-state index is 13.1. The Hall–Kier alpha value is -2.56. The van der Waals surface area contributed by atoms with Crippen LogP contribution in [0, 0.1) is 0 Å². The molecule has 0 saturated carbocycles. The largest absolute Gasteiger partial charge is 0.357 e. The number of hydrogen-bond acceptors (Lipinski definition) is 2. The number of rotatable bonds is 5. The number of fused-ring (bicyclic) bond motifs is 1. The Morgan fingerprint density at radius 1 is 1.18 bits per heavy atom. The SMILES string of the molecule is CCCC[C@H]1CN(c2cccc3c2CCCC3)C(=O)CN1C(=O)c1ccc[nH]1. The van der Waals surface area contributed by atoms with Crippen LogP contribution in [-0.2, 0) is 17.6 Å². The van der Waals surface area contributed by atoms with Crippen LogP contribution in [0.3, 0.4) is 0 Å². The van der Waals surface area contributed by atoms with Crippen LogP contribution in [0.4, 0.5) is 5.69 Å². The first-order chi connectivity index (χ1) is 13.7. The van der Waals surface area contributed by atoms with E-state index in [0.29, 0.717) is 12.2 Å². The molecule has 1 N–H and O–H groups in total. The fourth-order valence-electron chi connectivity index (χ4n) is 4.56. The summed E-state index contributed by atoms with van der Waals surface area (Å²) in [7, 11) is 0. The van der Waals surface area contributed by atoms with Crippen molar-refractivity contribution in [1.82, 2.24) is 9.88 Å². The molecule has 1 aromatic carbocycles. The molecule has 0 unspecified atom stereocenters. The molecule has 4 rings (SSSR count). The van der Waals surface area contributed by atoms with E-state index in [9.17, 15) is 9.59 Å². The van der Waals surface area contributed by atoms with Gasteiger partial charge >= 0.3 is 0 Å². The quantitative estimate of drug-likeness (QED) is 0.855. The number of nitrogens with zero attached hydrogens (tertiary/aromatic N) is 2. The number of benzene rings is 1. The van der Waals surface area contributed by atoms with Crippen molar-refractivity contribution in [2.24, 2.45) is 0 Å². The van der Waals surface area contributed by atoms with E-state index in [1.54, 1.807) is 17.2 Å². The lowest BCUT2D eigenvalue weighted by molar-refractivity contribution is -0.121. The predicted octanol–water partition coefficient (Wildman–Crippen LogP) is 3.94. The second-order valence-corrected chi connectivity index (χ2v) is 7.94. The van der Waals surface area contributed by atoms with Gasteiger partial charge in [-0.1, -0.05) is 31.9 Å². The zero-order chi connectivity index (χ0) is 19.5. The van der Waals surface area contributed by atoms with Crippen LogP contribution >= 0.6 is 0 Å². The summed E-state index contributed by atoms with van der Waals surface area (Å²) in [4.78, 5) is 32.8. The lowest BCUT2D eigenvalue weighted by Gasteiger charge is -2.42. The molecule has 2 aromatic rings. The van der Waals surface area contributed by atoms with Gasteiger partial charge in [-0.15, -0.1) is 0 Å².